The maximum atomic E-state index is 11.6. The summed E-state index contributed by atoms with van der Waals surface area (Å²) in [4.78, 5) is 18.2. The van der Waals surface area contributed by atoms with Gasteiger partial charge in [0.05, 0.1) is 0 Å². The van der Waals surface area contributed by atoms with E-state index in [1.165, 1.54) is 10.8 Å². The molecule has 0 saturated heterocycles. The average molecular weight is 271 g/mol. The number of methoxy groups -OCH3 is 1. The van der Waals surface area contributed by atoms with E-state index in [0.717, 1.165) is 6.42 Å². The molecule has 1 aromatic heterocycles. The molecule has 0 aliphatic carbocycles. The largest absolute Gasteiger partial charge is 0.494 e. The molecule has 0 aliphatic rings. The number of ether oxygens (including phenoxy) is 1. The highest BCUT2D eigenvalue weighted by atomic mass is 32.1. The van der Waals surface area contributed by atoms with Gasteiger partial charge in [0.25, 0.3) is 5.56 Å². The van der Waals surface area contributed by atoms with Crippen LogP contribution in [0.25, 0.3) is 0 Å². The molecule has 0 aromatic carbocycles. The first-order valence-corrected chi connectivity index (χ1v) is 6.07. The summed E-state index contributed by atoms with van der Waals surface area (Å²) in [6, 6.07) is 0. The molecular weight excluding hydrogens is 254 g/mol. The van der Waals surface area contributed by atoms with Crippen LogP contribution in [-0.4, -0.2) is 41.1 Å². The number of aromatic nitrogens is 2. The second-order valence-corrected chi connectivity index (χ2v) is 4.01. The van der Waals surface area contributed by atoms with E-state index in [-0.39, 0.29) is 16.2 Å². The first-order chi connectivity index (χ1) is 8.61. The predicted octanol–water partition coefficient (Wildman–Crippen LogP) is 1.09. The van der Waals surface area contributed by atoms with Gasteiger partial charge in [-0.25, -0.2) is 0 Å². The van der Waals surface area contributed by atoms with Crippen LogP contribution >= 0.6 is 12.2 Å². The molecule has 0 spiro atoms. The molecule has 1 heterocycles. The van der Waals surface area contributed by atoms with Crippen molar-refractivity contribution >= 4 is 18.4 Å². The van der Waals surface area contributed by atoms with Gasteiger partial charge < -0.3 is 9.84 Å². The molecule has 0 unspecified atom stereocenters. The van der Waals surface area contributed by atoms with Gasteiger partial charge in [0, 0.05) is 33.0 Å². The molecule has 6 nitrogen and oxygen atoms in total. The normalized spacial score (nSPS) is 11.2. The molecule has 0 radical (unpaired) electrons. The van der Waals surface area contributed by atoms with Gasteiger partial charge in [0.15, 0.2) is 4.77 Å². The second kappa shape index (κ2) is 7.07. The number of aliphatic imine (C=N–C) groups is 1. The SMILES string of the molecule is CCn1c(O)c(C=NCCCOC)c(=O)[nH]c1=S. The van der Waals surface area contributed by atoms with E-state index in [4.69, 9.17) is 17.0 Å². The summed E-state index contributed by atoms with van der Waals surface area (Å²) in [6.07, 6.45) is 2.13. The zero-order chi connectivity index (χ0) is 13.5. The van der Waals surface area contributed by atoms with Crippen molar-refractivity contribution in [3.63, 3.8) is 0 Å². The van der Waals surface area contributed by atoms with Gasteiger partial charge in [-0.2, -0.15) is 0 Å². The minimum Gasteiger partial charge on any atom is -0.494 e. The Kier molecular flexibility index (Phi) is 5.73. The number of aromatic hydroxyl groups is 1. The highest BCUT2D eigenvalue weighted by Crippen LogP contribution is 2.10. The van der Waals surface area contributed by atoms with Crippen molar-refractivity contribution in [3.05, 3.63) is 20.7 Å². The maximum absolute atomic E-state index is 11.6. The van der Waals surface area contributed by atoms with Crippen molar-refractivity contribution in [1.29, 1.82) is 0 Å². The van der Waals surface area contributed by atoms with Crippen molar-refractivity contribution in [2.45, 2.75) is 19.9 Å². The van der Waals surface area contributed by atoms with Crippen LogP contribution in [0.1, 0.15) is 18.9 Å². The third-order valence-corrected chi connectivity index (χ3v) is 2.70. The molecule has 0 atom stereocenters. The number of aromatic amines is 1. The third kappa shape index (κ3) is 3.51. The molecule has 1 aromatic rings. The highest BCUT2D eigenvalue weighted by Gasteiger charge is 2.08. The number of rotatable bonds is 6. The second-order valence-electron chi connectivity index (χ2n) is 3.62. The molecule has 100 valence electrons. The first kappa shape index (κ1) is 14.6. The Hall–Kier alpha value is -1.47. The quantitative estimate of drug-likeness (QED) is 0.461. The monoisotopic (exact) mass is 271 g/mol. The van der Waals surface area contributed by atoms with Gasteiger partial charge in [-0.1, -0.05) is 0 Å². The summed E-state index contributed by atoms with van der Waals surface area (Å²) in [5.74, 6) is -0.151. The van der Waals surface area contributed by atoms with Crippen molar-refractivity contribution in [2.75, 3.05) is 20.3 Å². The summed E-state index contributed by atoms with van der Waals surface area (Å²) in [6.45, 7) is 3.45. The maximum Gasteiger partial charge on any atom is 0.264 e. The van der Waals surface area contributed by atoms with Gasteiger partial charge in [0.1, 0.15) is 5.56 Å². The molecule has 7 heteroatoms. The Morgan fingerprint density at radius 2 is 2.33 bits per heavy atom. The predicted molar refractivity (Wildman–Crippen MR) is 72.2 cm³/mol. The van der Waals surface area contributed by atoms with Crippen LogP contribution < -0.4 is 5.56 Å². The van der Waals surface area contributed by atoms with E-state index in [2.05, 4.69) is 9.98 Å². The summed E-state index contributed by atoms with van der Waals surface area (Å²) in [7, 11) is 1.62. The molecule has 0 bridgehead atoms. The van der Waals surface area contributed by atoms with Crippen LogP contribution in [-0.2, 0) is 11.3 Å². The van der Waals surface area contributed by atoms with E-state index in [1.807, 2.05) is 6.92 Å². The Morgan fingerprint density at radius 3 is 2.94 bits per heavy atom. The molecule has 18 heavy (non-hydrogen) atoms. The summed E-state index contributed by atoms with van der Waals surface area (Å²) >= 11 is 4.94. The van der Waals surface area contributed by atoms with E-state index in [0.29, 0.717) is 19.7 Å². The molecule has 2 N–H and O–H groups in total. The zero-order valence-corrected chi connectivity index (χ0v) is 11.3. The van der Waals surface area contributed by atoms with Crippen LogP contribution in [0.15, 0.2) is 9.79 Å². The number of H-pyrrole nitrogens is 1. The Labute approximate surface area is 110 Å². The van der Waals surface area contributed by atoms with Gasteiger partial charge in [0.2, 0.25) is 5.88 Å². The molecule has 0 aliphatic heterocycles. The fourth-order valence-electron chi connectivity index (χ4n) is 1.44. The van der Waals surface area contributed by atoms with Gasteiger partial charge in [-0.3, -0.25) is 19.3 Å². The average Bonchev–Trinajstić information content (AvgIpc) is 2.32. The summed E-state index contributed by atoms with van der Waals surface area (Å²) in [5.41, 5.74) is -0.305. The van der Waals surface area contributed by atoms with E-state index < -0.39 is 5.56 Å². The number of nitrogens with zero attached hydrogens (tertiary/aromatic N) is 2. The molecular formula is C11H17N3O3S. The lowest BCUT2D eigenvalue weighted by molar-refractivity contribution is 0.197. The zero-order valence-electron chi connectivity index (χ0n) is 10.5. The van der Waals surface area contributed by atoms with Gasteiger partial charge in [-0.15, -0.1) is 0 Å². The van der Waals surface area contributed by atoms with Gasteiger partial charge >= 0.3 is 0 Å². The van der Waals surface area contributed by atoms with Crippen molar-refractivity contribution in [3.8, 4) is 5.88 Å². The summed E-state index contributed by atoms with van der Waals surface area (Å²) < 4.78 is 6.53. The molecule has 0 saturated carbocycles. The van der Waals surface area contributed by atoms with E-state index in [1.54, 1.807) is 7.11 Å². The summed E-state index contributed by atoms with van der Waals surface area (Å²) in [5, 5.41) is 9.91. The van der Waals surface area contributed by atoms with Crippen LogP contribution in [0.3, 0.4) is 0 Å². The lowest BCUT2D eigenvalue weighted by Crippen LogP contribution is -2.18. The van der Waals surface area contributed by atoms with E-state index in [9.17, 15) is 9.90 Å². The fourth-order valence-corrected chi connectivity index (χ4v) is 1.75. The van der Waals surface area contributed by atoms with Crippen molar-refractivity contribution in [1.82, 2.24) is 9.55 Å². The minimum absolute atomic E-state index is 0.128. The van der Waals surface area contributed by atoms with E-state index >= 15 is 0 Å². The number of hydrogen-bond acceptors (Lipinski definition) is 5. The topological polar surface area (TPSA) is 79.6 Å². The van der Waals surface area contributed by atoms with Crippen molar-refractivity contribution in [2.24, 2.45) is 4.99 Å². The van der Waals surface area contributed by atoms with Gasteiger partial charge in [-0.05, 0) is 25.6 Å². The third-order valence-electron chi connectivity index (χ3n) is 2.38. The molecule has 1 rings (SSSR count). The molecule has 0 amide bonds. The van der Waals surface area contributed by atoms with Crippen molar-refractivity contribution < 1.29 is 9.84 Å². The Morgan fingerprint density at radius 1 is 1.61 bits per heavy atom. The minimum atomic E-state index is -0.433. The number of hydrogen-bond donors (Lipinski definition) is 2. The Bertz CT molecular complexity index is 533. The highest BCUT2D eigenvalue weighted by molar-refractivity contribution is 7.71. The van der Waals surface area contributed by atoms with Crippen LogP contribution in [0, 0.1) is 4.77 Å². The smallest absolute Gasteiger partial charge is 0.264 e. The Balaban J connectivity index is 2.96. The standard InChI is InChI=1S/C11H17N3O3S/c1-3-14-10(16)8(9(15)13-11(14)18)7-12-5-4-6-17-2/h7,16H,3-6H2,1-2H3,(H,13,15,18). The molecule has 0 fully saturated rings. The number of nitrogens with one attached hydrogen (secondary N) is 1. The van der Waals surface area contributed by atoms with Crippen LogP contribution in [0.2, 0.25) is 0 Å². The lowest BCUT2D eigenvalue weighted by atomic mass is 10.3. The lowest BCUT2D eigenvalue weighted by Gasteiger charge is -2.07. The van der Waals surface area contributed by atoms with Crippen LogP contribution in [0.5, 0.6) is 5.88 Å². The van der Waals surface area contributed by atoms with Crippen LogP contribution in [0.4, 0.5) is 0 Å². The first-order valence-electron chi connectivity index (χ1n) is 5.66. The fraction of sp³-hybridized carbons (Fsp3) is 0.545.